The number of amides is 3. The summed E-state index contributed by atoms with van der Waals surface area (Å²) in [6.45, 7) is 1.70. The van der Waals surface area contributed by atoms with Crippen molar-refractivity contribution in [3.63, 3.8) is 0 Å². The number of nitrogens with one attached hydrogen (secondary N) is 2. The lowest BCUT2D eigenvalue weighted by atomic mass is 10.1. The Bertz CT molecular complexity index is 550. The lowest BCUT2D eigenvalue weighted by molar-refractivity contribution is -0.140. The second-order valence-electron chi connectivity index (χ2n) is 4.42. The summed E-state index contributed by atoms with van der Waals surface area (Å²) in [7, 11) is 0. The van der Waals surface area contributed by atoms with Crippen LogP contribution in [0.5, 0.6) is 0 Å². The van der Waals surface area contributed by atoms with E-state index in [1.807, 2.05) is 0 Å². The molecule has 0 aromatic heterocycles. The fourth-order valence-corrected chi connectivity index (χ4v) is 2.00. The van der Waals surface area contributed by atoms with E-state index in [1.54, 1.807) is 31.2 Å². The lowest BCUT2D eigenvalue weighted by Crippen LogP contribution is -2.48. The van der Waals surface area contributed by atoms with Crippen LogP contribution in [0.2, 0.25) is 5.02 Å². The molecule has 21 heavy (non-hydrogen) atoms. The molecule has 0 spiro atoms. The highest BCUT2D eigenvalue weighted by atomic mass is 35.5. The zero-order chi connectivity index (χ0) is 16.0. The Morgan fingerprint density at radius 3 is 2.43 bits per heavy atom. The number of hydrogen-bond acceptors (Lipinski definition) is 3. The van der Waals surface area contributed by atoms with Gasteiger partial charge in [0.15, 0.2) is 0 Å². The molecule has 0 radical (unpaired) electrons. The summed E-state index contributed by atoms with van der Waals surface area (Å²) in [5, 5.41) is 14.1. The van der Waals surface area contributed by atoms with Crippen LogP contribution in [0.25, 0.3) is 0 Å². The zero-order valence-corrected chi connectivity index (χ0v) is 12.1. The van der Waals surface area contributed by atoms with E-state index < -0.39 is 36.4 Å². The molecule has 0 bridgehead atoms. The highest BCUT2D eigenvalue weighted by molar-refractivity contribution is 6.31. The molecule has 0 saturated carbocycles. The van der Waals surface area contributed by atoms with Crippen molar-refractivity contribution in [1.82, 2.24) is 10.6 Å². The van der Waals surface area contributed by atoms with E-state index in [4.69, 9.17) is 22.4 Å². The van der Waals surface area contributed by atoms with Crippen LogP contribution in [0.1, 0.15) is 24.9 Å². The molecular weight excluding hydrogens is 298 g/mol. The van der Waals surface area contributed by atoms with Crippen LogP contribution >= 0.6 is 11.6 Å². The Kier molecular flexibility index (Phi) is 5.98. The number of rotatable bonds is 6. The van der Waals surface area contributed by atoms with Gasteiger partial charge < -0.3 is 21.5 Å². The first-order valence-corrected chi connectivity index (χ1v) is 6.51. The van der Waals surface area contributed by atoms with Gasteiger partial charge >= 0.3 is 12.0 Å². The van der Waals surface area contributed by atoms with Gasteiger partial charge in [0, 0.05) is 5.02 Å². The van der Waals surface area contributed by atoms with Crippen molar-refractivity contribution in [3.8, 4) is 0 Å². The number of carbonyl (C=O) groups excluding carboxylic acids is 2. The minimum Gasteiger partial charge on any atom is -0.480 e. The maximum Gasteiger partial charge on any atom is 0.326 e. The molecule has 1 aromatic rings. The van der Waals surface area contributed by atoms with Crippen molar-refractivity contribution in [2.24, 2.45) is 5.73 Å². The van der Waals surface area contributed by atoms with Gasteiger partial charge in [0.2, 0.25) is 5.91 Å². The summed E-state index contributed by atoms with van der Waals surface area (Å²) < 4.78 is 0. The van der Waals surface area contributed by atoms with Crippen molar-refractivity contribution >= 4 is 29.5 Å². The highest BCUT2D eigenvalue weighted by Crippen LogP contribution is 2.21. The number of aliphatic carboxylic acids is 1. The van der Waals surface area contributed by atoms with Gasteiger partial charge in [-0.2, -0.15) is 0 Å². The van der Waals surface area contributed by atoms with Crippen molar-refractivity contribution in [3.05, 3.63) is 34.9 Å². The zero-order valence-electron chi connectivity index (χ0n) is 11.3. The van der Waals surface area contributed by atoms with Gasteiger partial charge in [-0.3, -0.25) is 4.79 Å². The molecule has 2 atom stereocenters. The molecule has 0 heterocycles. The lowest BCUT2D eigenvalue weighted by Gasteiger charge is -2.18. The van der Waals surface area contributed by atoms with Crippen LogP contribution in [0.15, 0.2) is 24.3 Å². The summed E-state index contributed by atoms with van der Waals surface area (Å²) >= 11 is 6.00. The Balaban J connectivity index is 2.66. The molecule has 1 aromatic carbocycles. The normalized spacial score (nSPS) is 13.0. The first kappa shape index (κ1) is 16.8. The van der Waals surface area contributed by atoms with Crippen LogP contribution < -0.4 is 16.4 Å². The number of nitrogens with two attached hydrogens (primary N) is 1. The van der Waals surface area contributed by atoms with Crippen LogP contribution in [0.3, 0.4) is 0 Å². The van der Waals surface area contributed by atoms with E-state index in [0.29, 0.717) is 10.6 Å². The molecule has 0 aliphatic rings. The summed E-state index contributed by atoms with van der Waals surface area (Å²) in [4.78, 5) is 33.4. The van der Waals surface area contributed by atoms with Gasteiger partial charge in [-0.05, 0) is 18.6 Å². The molecule has 5 N–H and O–H groups in total. The molecule has 0 saturated heterocycles. The molecule has 1 rings (SSSR count). The Morgan fingerprint density at radius 2 is 1.90 bits per heavy atom. The molecule has 7 nitrogen and oxygen atoms in total. The standard InChI is InChI=1S/C13H16ClN3O4/c1-7(8-4-2-3-5-9(8)14)16-13(21)17-10(12(19)20)6-11(15)18/h2-5,7,10H,6H2,1H3,(H2,15,18)(H,19,20)(H2,16,17,21). The van der Waals surface area contributed by atoms with Gasteiger partial charge in [0.1, 0.15) is 6.04 Å². The summed E-state index contributed by atoms with van der Waals surface area (Å²) in [6.07, 6.45) is -0.483. The van der Waals surface area contributed by atoms with Gasteiger partial charge in [-0.15, -0.1) is 0 Å². The topological polar surface area (TPSA) is 122 Å². The third kappa shape index (κ3) is 5.31. The second kappa shape index (κ2) is 7.49. The number of carbonyl (C=O) groups is 3. The van der Waals surface area contributed by atoms with Gasteiger partial charge in [-0.1, -0.05) is 29.8 Å². The summed E-state index contributed by atoms with van der Waals surface area (Å²) in [6, 6.07) is 4.42. The summed E-state index contributed by atoms with van der Waals surface area (Å²) in [5.41, 5.74) is 5.62. The minimum atomic E-state index is -1.37. The van der Waals surface area contributed by atoms with Gasteiger partial charge in [0.05, 0.1) is 12.5 Å². The van der Waals surface area contributed by atoms with Crippen molar-refractivity contribution in [2.75, 3.05) is 0 Å². The summed E-state index contributed by atoms with van der Waals surface area (Å²) in [5.74, 6) is -2.16. The number of carboxylic acid groups (broad SMARTS) is 1. The van der Waals surface area contributed by atoms with E-state index >= 15 is 0 Å². The molecule has 3 amide bonds. The molecular formula is C13H16ClN3O4. The largest absolute Gasteiger partial charge is 0.480 e. The van der Waals surface area contributed by atoms with Crippen molar-refractivity contribution in [1.29, 1.82) is 0 Å². The minimum absolute atomic E-state index is 0.429. The third-order valence-corrected chi connectivity index (χ3v) is 3.07. The predicted octanol–water partition coefficient (Wildman–Crippen LogP) is 1.03. The maximum absolute atomic E-state index is 11.8. The number of carboxylic acids is 1. The van der Waals surface area contributed by atoms with E-state index in [2.05, 4.69) is 10.6 Å². The highest BCUT2D eigenvalue weighted by Gasteiger charge is 2.23. The Labute approximate surface area is 126 Å². The van der Waals surface area contributed by atoms with Crippen LogP contribution in [-0.2, 0) is 9.59 Å². The smallest absolute Gasteiger partial charge is 0.326 e. The first-order valence-electron chi connectivity index (χ1n) is 6.13. The number of primary amides is 1. The van der Waals surface area contributed by atoms with Crippen molar-refractivity contribution < 1.29 is 19.5 Å². The number of halogens is 1. The quantitative estimate of drug-likeness (QED) is 0.626. The van der Waals surface area contributed by atoms with E-state index in [0.717, 1.165) is 0 Å². The number of benzene rings is 1. The van der Waals surface area contributed by atoms with Crippen molar-refractivity contribution in [2.45, 2.75) is 25.4 Å². The predicted molar refractivity (Wildman–Crippen MR) is 76.8 cm³/mol. The Hall–Kier alpha value is -2.28. The van der Waals surface area contributed by atoms with Crippen LogP contribution in [-0.4, -0.2) is 29.1 Å². The molecule has 114 valence electrons. The van der Waals surface area contributed by atoms with E-state index in [1.165, 1.54) is 0 Å². The molecule has 2 unspecified atom stereocenters. The second-order valence-corrected chi connectivity index (χ2v) is 4.83. The number of hydrogen-bond donors (Lipinski definition) is 4. The maximum atomic E-state index is 11.8. The molecule has 0 fully saturated rings. The van der Waals surface area contributed by atoms with Gasteiger partial charge in [-0.25, -0.2) is 9.59 Å². The van der Waals surface area contributed by atoms with E-state index in [-0.39, 0.29) is 0 Å². The van der Waals surface area contributed by atoms with E-state index in [9.17, 15) is 14.4 Å². The third-order valence-electron chi connectivity index (χ3n) is 2.73. The first-order chi connectivity index (χ1) is 9.81. The SMILES string of the molecule is CC(NC(=O)NC(CC(N)=O)C(=O)O)c1ccccc1Cl. The van der Waals surface area contributed by atoms with Crippen LogP contribution in [0, 0.1) is 0 Å². The average molecular weight is 314 g/mol. The molecule has 0 aliphatic carbocycles. The monoisotopic (exact) mass is 313 g/mol. The molecule has 0 aliphatic heterocycles. The fraction of sp³-hybridized carbons (Fsp3) is 0.308. The van der Waals surface area contributed by atoms with Gasteiger partial charge in [0.25, 0.3) is 0 Å². The number of urea groups is 1. The Morgan fingerprint density at radius 1 is 1.29 bits per heavy atom. The average Bonchev–Trinajstić information content (AvgIpc) is 2.37. The fourth-order valence-electron chi connectivity index (χ4n) is 1.70. The van der Waals surface area contributed by atoms with Crippen LogP contribution in [0.4, 0.5) is 4.79 Å². The molecule has 8 heteroatoms.